The van der Waals surface area contributed by atoms with Crippen molar-refractivity contribution in [3.05, 3.63) is 42.0 Å². The average Bonchev–Trinajstić information content (AvgIpc) is 2.44. The van der Waals surface area contributed by atoms with Crippen LogP contribution in [-0.4, -0.2) is 30.1 Å². The third-order valence-electron chi connectivity index (χ3n) is 2.30. The Balaban J connectivity index is 2.80. The molecule has 0 aromatic heterocycles. The number of carboxylic acids is 1. The molecule has 1 aromatic carbocycles. The van der Waals surface area contributed by atoms with Gasteiger partial charge in [0.1, 0.15) is 6.07 Å². The fourth-order valence-electron chi connectivity index (χ4n) is 1.35. The lowest BCUT2D eigenvalue weighted by Gasteiger charge is -2.17. The van der Waals surface area contributed by atoms with E-state index in [2.05, 4.69) is 0 Å². The molecule has 0 saturated carbocycles. The van der Waals surface area contributed by atoms with Crippen molar-refractivity contribution in [3.63, 3.8) is 0 Å². The van der Waals surface area contributed by atoms with Crippen molar-refractivity contribution in [2.45, 2.75) is 0 Å². The number of nitriles is 1. The Kier molecular flexibility index (Phi) is 5.00. The number of para-hydroxylation sites is 1. The summed E-state index contributed by atoms with van der Waals surface area (Å²) >= 11 is 0. The van der Waals surface area contributed by atoms with E-state index in [9.17, 15) is 14.4 Å². The number of amides is 3. The first-order chi connectivity index (χ1) is 9.45. The number of nitrogens with one attached hydrogen (secondary N) is 1. The summed E-state index contributed by atoms with van der Waals surface area (Å²) in [6.07, 6.45) is 1.34. The lowest BCUT2D eigenvalue weighted by atomic mass is 10.2. The predicted octanol–water partition coefficient (Wildman–Crippen LogP) is 0.871. The van der Waals surface area contributed by atoms with E-state index in [1.807, 2.05) is 11.4 Å². The number of rotatable bonds is 3. The number of imide groups is 1. The number of carbonyl (C=O) groups is 3. The van der Waals surface area contributed by atoms with E-state index in [4.69, 9.17) is 10.4 Å². The molecule has 0 aliphatic rings. The zero-order chi connectivity index (χ0) is 15.1. The summed E-state index contributed by atoms with van der Waals surface area (Å²) in [5, 5.41) is 19.3. The molecule has 7 nitrogen and oxygen atoms in total. The molecule has 0 atom stereocenters. The Morgan fingerprint density at radius 3 is 2.55 bits per heavy atom. The van der Waals surface area contributed by atoms with Crippen molar-refractivity contribution in [3.8, 4) is 6.07 Å². The molecule has 0 radical (unpaired) electrons. The normalized spacial score (nSPS) is 9.80. The molecule has 0 fully saturated rings. The van der Waals surface area contributed by atoms with Gasteiger partial charge in [-0.25, -0.2) is 9.59 Å². The van der Waals surface area contributed by atoms with Crippen LogP contribution in [0.25, 0.3) is 0 Å². The fraction of sp³-hybridized carbons (Fsp3) is 0.0769. The molecule has 102 valence electrons. The number of hydrogen-bond donors (Lipinski definition) is 2. The zero-order valence-corrected chi connectivity index (χ0v) is 10.5. The van der Waals surface area contributed by atoms with Crippen LogP contribution in [0.2, 0.25) is 0 Å². The van der Waals surface area contributed by atoms with Crippen LogP contribution in [0.3, 0.4) is 0 Å². The highest BCUT2D eigenvalue weighted by Crippen LogP contribution is 2.17. The summed E-state index contributed by atoms with van der Waals surface area (Å²) in [4.78, 5) is 34.4. The minimum Gasteiger partial charge on any atom is -0.478 e. The highest BCUT2D eigenvalue weighted by atomic mass is 16.4. The van der Waals surface area contributed by atoms with Crippen molar-refractivity contribution in [1.82, 2.24) is 5.32 Å². The van der Waals surface area contributed by atoms with Gasteiger partial charge in [-0.05, 0) is 12.1 Å². The molecule has 2 N–H and O–H groups in total. The largest absolute Gasteiger partial charge is 0.478 e. The molecule has 0 aliphatic carbocycles. The van der Waals surface area contributed by atoms with Crippen LogP contribution in [0.5, 0.6) is 0 Å². The lowest BCUT2D eigenvalue weighted by molar-refractivity contribution is -0.131. The quantitative estimate of drug-likeness (QED) is 0.794. The van der Waals surface area contributed by atoms with Gasteiger partial charge in [0.2, 0.25) is 0 Å². The summed E-state index contributed by atoms with van der Waals surface area (Å²) in [5.41, 5.74) is 0.612. The summed E-state index contributed by atoms with van der Waals surface area (Å²) in [5.74, 6) is -2.16. The van der Waals surface area contributed by atoms with Crippen molar-refractivity contribution in [2.24, 2.45) is 0 Å². The Labute approximate surface area is 114 Å². The fourth-order valence-corrected chi connectivity index (χ4v) is 1.35. The first-order valence-corrected chi connectivity index (χ1v) is 5.44. The second-order valence-corrected chi connectivity index (χ2v) is 3.65. The van der Waals surface area contributed by atoms with Gasteiger partial charge >= 0.3 is 12.0 Å². The van der Waals surface area contributed by atoms with E-state index in [0.717, 1.165) is 11.0 Å². The first kappa shape index (κ1) is 14.9. The Morgan fingerprint density at radius 2 is 1.95 bits per heavy atom. The van der Waals surface area contributed by atoms with Gasteiger partial charge in [-0.1, -0.05) is 12.1 Å². The summed E-state index contributed by atoms with van der Waals surface area (Å²) in [6, 6.07) is 7.53. The number of anilines is 1. The molecule has 0 saturated heterocycles. The van der Waals surface area contributed by atoms with Crippen LogP contribution in [0.15, 0.2) is 36.4 Å². The van der Waals surface area contributed by atoms with Gasteiger partial charge in [-0.3, -0.25) is 15.0 Å². The number of carboxylic acid groups (broad SMARTS) is 1. The smallest absolute Gasteiger partial charge is 0.328 e. The Hall–Kier alpha value is -3.14. The first-order valence-electron chi connectivity index (χ1n) is 5.44. The van der Waals surface area contributed by atoms with E-state index in [1.165, 1.54) is 13.1 Å². The molecule has 1 rings (SSSR count). The number of aliphatic carboxylic acids is 1. The summed E-state index contributed by atoms with van der Waals surface area (Å²) in [6.45, 7) is 0. The van der Waals surface area contributed by atoms with Crippen molar-refractivity contribution < 1.29 is 19.5 Å². The van der Waals surface area contributed by atoms with Gasteiger partial charge in [-0.15, -0.1) is 0 Å². The molecule has 0 bridgehead atoms. The molecule has 20 heavy (non-hydrogen) atoms. The monoisotopic (exact) mass is 273 g/mol. The molecular formula is C13H11N3O4. The highest BCUT2D eigenvalue weighted by molar-refractivity contribution is 6.07. The van der Waals surface area contributed by atoms with Gasteiger partial charge in [0, 0.05) is 19.2 Å². The standard InChI is InChI=1S/C13H11N3O4/c1-16(10-5-3-2-4-9(10)8-14)13(20)15-11(17)6-7-12(18)19/h2-7H,1H3,(H,18,19)(H,15,17,20)/b7-6+. The van der Waals surface area contributed by atoms with Crippen molar-refractivity contribution in [1.29, 1.82) is 5.26 Å². The third kappa shape index (κ3) is 3.96. The molecule has 1 aromatic rings. The predicted molar refractivity (Wildman–Crippen MR) is 69.9 cm³/mol. The van der Waals surface area contributed by atoms with Crippen LogP contribution in [-0.2, 0) is 9.59 Å². The second kappa shape index (κ2) is 6.70. The van der Waals surface area contributed by atoms with E-state index in [0.29, 0.717) is 11.8 Å². The molecule has 3 amide bonds. The molecule has 0 heterocycles. The van der Waals surface area contributed by atoms with Crippen LogP contribution in [0, 0.1) is 11.3 Å². The maximum Gasteiger partial charge on any atom is 0.328 e. The Bertz CT molecular complexity index is 616. The SMILES string of the molecule is CN(C(=O)NC(=O)/C=C/C(=O)O)c1ccccc1C#N. The molecule has 0 unspecified atom stereocenters. The van der Waals surface area contributed by atoms with Gasteiger partial charge in [-0.2, -0.15) is 5.26 Å². The van der Waals surface area contributed by atoms with E-state index < -0.39 is 17.9 Å². The van der Waals surface area contributed by atoms with Gasteiger partial charge in [0.05, 0.1) is 11.3 Å². The summed E-state index contributed by atoms with van der Waals surface area (Å²) in [7, 11) is 1.39. The minimum atomic E-state index is -1.30. The minimum absolute atomic E-state index is 0.277. The van der Waals surface area contributed by atoms with E-state index in [-0.39, 0.29) is 5.56 Å². The van der Waals surface area contributed by atoms with Gasteiger partial charge in [0.25, 0.3) is 5.91 Å². The molecule has 0 aliphatic heterocycles. The zero-order valence-electron chi connectivity index (χ0n) is 10.5. The van der Waals surface area contributed by atoms with E-state index in [1.54, 1.807) is 18.2 Å². The number of benzene rings is 1. The van der Waals surface area contributed by atoms with Gasteiger partial charge < -0.3 is 5.11 Å². The third-order valence-corrected chi connectivity index (χ3v) is 2.30. The lowest BCUT2D eigenvalue weighted by Crippen LogP contribution is -2.40. The number of carbonyl (C=O) groups excluding carboxylic acids is 2. The maximum atomic E-state index is 11.8. The Morgan fingerprint density at radius 1 is 1.30 bits per heavy atom. The van der Waals surface area contributed by atoms with Gasteiger partial charge in [0.15, 0.2) is 0 Å². The van der Waals surface area contributed by atoms with Crippen molar-refractivity contribution >= 4 is 23.6 Å². The number of nitrogens with zero attached hydrogens (tertiary/aromatic N) is 2. The number of hydrogen-bond acceptors (Lipinski definition) is 4. The van der Waals surface area contributed by atoms with E-state index >= 15 is 0 Å². The topological polar surface area (TPSA) is 110 Å². The van der Waals surface area contributed by atoms with Crippen molar-refractivity contribution in [2.75, 3.05) is 11.9 Å². The summed E-state index contributed by atoms with van der Waals surface area (Å²) < 4.78 is 0. The maximum absolute atomic E-state index is 11.8. The number of urea groups is 1. The molecule has 0 spiro atoms. The second-order valence-electron chi connectivity index (χ2n) is 3.65. The van der Waals surface area contributed by atoms with Crippen LogP contribution in [0.4, 0.5) is 10.5 Å². The molecular weight excluding hydrogens is 262 g/mol. The van der Waals surface area contributed by atoms with Crippen LogP contribution >= 0.6 is 0 Å². The highest BCUT2D eigenvalue weighted by Gasteiger charge is 2.15. The van der Waals surface area contributed by atoms with Crippen LogP contribution < -0.4 is 10.2 Å². The average molecular weight is 273 g/mol. The molecule has 7 heteroatoms. The van der Waals surface area contributed by atoms with Crippen LogP contribution in [0.1, 0.15) is 5.56 Å².